The molecule has 5 N–H and O–H groups in total. The van der Waals surface area contributed by atoms with Gasteiger partial charge in [-0.2, -0.15) is 0 Å². The van der Waals surface area contributed by atoms with Gasteiger partial charge in [0.05, 0.1) is 3.57 Å². The van der Waals surface area contributed by atoms with Crippen molar-refractivity contribution in [2.75, 3.05) is 13.1 Å². The summed E-state index contributed by atoms with van der Waals surface area (Å²) >= 11 is 1.90. The van der Waals surface area contributed by atoms with Crippen LogP contribution >= 0.6 is 22.6 Å². The fourth-order valence-electron chi connectivity index (χ4n) is 1.40. The lowest BCUT2D eigenvalue weighted by atomic mass is 10.2. The van der Waals surface area contributed by atoms with Gasteiger partial charge in [0.25, 0.3) is 5.91 Å². The molecule has 0 unspecified atom stereocenters. The van der Waals surface area contributed by atoms with Crippen LogP contribution in [0.2, 0.25) is 0 Å². The highest BCUT2D eigenvalue weighted by Gasteiger charge is 2.20. The normalized spacial score (nSPS) is 9.95. The minimum absolute atomic E-state index is 0.0652. The molecule has 102 valence electrons. The predicted octanol–water partition coefficient (Wildman–Crippen LogP) is -0.590. The maximum atomic E-state index is 12.1. The number of benzene rings is 1. The van der Waals surface area contributed by atoms with Crippen molar-refractivity contribution in [3.05, 3.63) is 27.3 Å². The van der Waals surface area contributed by atoms with Gasteiger partial charge in [0.1, 0.15) is 18.8 Å². The Morgan fingerprint density at radius 1 is 1.16 bits per heavy atom. The number of phenols is 1. The summed E-state index contributed by atoms with van der Waals surface area (Å²) in [5, 5.41) is 9.53. The van der Waals surface area contributed by atoms with E-state index in [9.17, 15) is 19.5 Å². The predicted molar refractivity (Wildman–Crippen MR) is 75.1 cm³/mol. The molecule has 0 bridgehead atoms. The molecule has 0 aliphatic heterocycles. The fraction of sp³-hybridized carbons (Fsp3) is 0.182. The van der Waals surface area contributed by atoms with Gasteiger partial charge in [-0.05, 0) is 40.8 Å². The average Bonchev–Trinajstić information content (AvgIpc) is 2.29. The lowest BCUT2D eigenvalue weighted by molar-refractivity contribution is -0.121. The molecule has 0 aromatic heterocycles. The largest absolute Gasteiger partial charge is 0.507 e. The van der Waals surface area contributed by atoms with Gasteiger partial charge in [0.2, 0.25) is 11.8 Å². The highest BCUT2D eigenvalue weighted by Crippen LogP contribution is 2.21. The Hall–Kier alpha value is -1.84. The van der Waals surface area contributed by atoms with Crippen LogP contribution in [0, 0.1) is 3.57 Å². The van der Waals surface area contributed by atoms with Crippen molar-refractivity contribution in [2.24, 2.45) is 11.5 Å². The molecule has 0 aliphatic rings. The summed E-state index contributed by atoms with van der Waals surface area (Å²) in [6, 6.07) is 4.26. The SMILES string of the molecule is NC(=O)CN(CC(N)=O)C(=O)c1ccc(I)c(O)c1. The van der Waals surface area contributed by atoms with Gasteiger partial charge in [-0.3, -0.25) is 14.4 Å². The number of carbonyl (C=O) groups is 3. The number of nitrogens with two attached hydrogens (primary N) is 2. The maximum Gasteiger partial charge on any atom is 0.254 e. The van der Waals surface area contributed by atoms with Crippen LogP contribution in [0.4, 0.5) is 0 Å². The number of aromatic hydroxyl groups is 1. The van der Waals surface area contributed by atoms with Crippen LogP contribution in [0.3, 0.4) is 0 Å². The summed E-state index contributed by atoms with van der Waals surface area (Å²) in [6.45, 7) is -0.844. The number of primary amides is 2. The molecule has 1 aromatic rings. The highest BCUT2D eigenvalue weighted by molar-refractivity contribution is 14.1. The molecule has 0 radical (unpaired) electrons. The number of halogens is 1. The van der Waals surface area contributed by atoms with E-state index in [2.05, 4.69) is 0 Å². The molecule has 1 rings (SSSR count). The molecule has 0 heterocycles. The van der Waals surface area contributed by atoms with Crippen molar-refractivity contribution in [3.63, 3.8) is 0 Å². The lowest BCUT2D eigenvalue weighted by Crippen LogP contribution is -2.43. The van der Waals surface area contributed by atoms with E-state index in [4.69, 9.17) is 11.5 Å². The Labute approximate surface area is 122 Å². The van der Waals surface area contributed by atoms with E-state index in [1.54, 1.807) is 0 Å². The second-order valence-electron chi connectivity index (χ2n) is 3.76. The Morgan fingerprint density at radius 3 is 2.11 bits per heavy atom. The van der Waals surface area contributed by atoms with E-state index in [0.717, 1.165) is 4.90 Å². The van der Waals surface area contributed by atoms with Gasteiger partial charge < -0.3 is 21.5 Å². The monoisotopic (exact) mass is 377 g/mol. The van der Waals surface area contributed by atoms with Crippen LogP contribution < -0.4 is 11.5 Å². The lowest BCUT2D eigenvalue weighted by Gasteiger charge is -2.19. The molecule has 0 spiro atoms. The Morgan fingerprint density at radius 2 is 1.68 bits per heavy atom. The number of nitrogens with zero attached hydrogens (tertiary/aromatic N) is 1. The zero-order chi connectivity index (χ0) is 14.6. The van der Waals surface area contributed by atoms with Crippen LogP contribution in [0.25, 0.3) is 0 Å². The summed E-state index contributed by atoms with van der Waals surface area (Å²) in [6.07, 6.45) is 0. The maximum absolute atomic E-state index is 12.1. The third-order valence-corrected chi connectivity index (χ3v) is 3.09. The Balaban J connectivity index is 3.00. The third-order valence-electron chi connectivity index (χ3n) is 2.17. The summed E-state index contributed by atoms with van der Waals surface area (Å²) in [5.41, 5.74) is 10.1. The van der Waals surface area contributed by atoms with E-state index in [1.807, 2.05) is 22.6 Å². The van der Waals surface area contributed by atoms with E-state index in [-0.39, 0.29) is 11.3 Å². The molecule has 3 amide bonds. The zero-order valence-electron chi connectivity index (χ0n) is 9.80. The Bertz CT molecular complexity index is 517. The van der Waals surface area contributed by atoms with Gasteiger partial charge in [-0.1, -0.05) is 0 Å². The Kier molecular flexibility index (Phi) is 5.10. The molecule has 0 saturated carbocycles. The van der Waals surface area contributed by atoms with Crippen molar-refractivity contribution in [2.45, 2.75) is 0 Å². The second kappa shape index (κ2) is 6.36. The second-order valence-corrected chi connectivity index (χ2v) is 4.92. The van der Waals surface area contributed by atoms with Gasteiger partial charge in [-0.15, -0.1) is 0 Å². The summed E-state index contributed by atoms with van der Waals surface area (Å²) < 4.78 is 0.575. The minimum Gasteiger partial charge on any atom is -0.507 e. The van der Waals surface area contributed by atoms with E-state index in [0.29, 0.717) is 3.57 Å². The molecule has 8 heteroatoms. The van der Waals surface area contributed by atoms with E-state index >= 15 is 0 Å². The first-order valence-electron chi connectivity index (χ1n) is 5.15. The summed E-state index contributed by atoms with van der Waals surface area (Å²) in [4.78, 5) is 34.7. The van der Waals surface area contributed by atoms with Gasteiger partial charge >= 0.3 is 0 Å². The van der Waals surface area contributed by atoms with Gasteiger partial charge in [-0.25, -0.2) is 0 Å². The number of rotatable bonds is 5. The van der Waals surface area contributed by atoms with E-state index in [1.165, 1.54) is 18.2 Å². The van der Waals surface area contributed by atoms with Crippen molar-refractivity contribution in [3.8, 4) is 5.75 Å². The minimum atomic E-state index is -0.760. The number of hydrogen-bond donors (Lipinski definition) is 3. The molecule has 0 fully saturated rings. The molecule has 7 nitrogen and oxygen atoms in total. The smallest absolute Gasteiger partial charge is 0.254 e. The average molecular weight is 377 g/mol. The van der Waals surface area contributed by atoms with Crippen molar-refractivity contribution in [1.29, 1.82) is 0 Å². The van der Waals surface area contributed by atoms with Gasteiger partial charge in [0, 0.05) is 5.56 Å². The third kappa shape index (κ3) is 4.39. The van der Waals surface area contributed by atoms with Crippen LogP contribution in [-0.4, -0.2) is 40.8 Å². The number of carbonyl (C=O) groups excluding carboxylic acids is 3. The molecule has 1 aromatic carbocycles. The number of amides is 3. The molecule has 0 atom stereocenters. The van der Waals surface area contributed by atoms with Crippen LogP contribution in [-0.2, 0) is 9.59 Å². The first kappa shape index (κ1) is 15.2. The molecule has 0 aliphatic carbocycles. The van der Waals surface area contributed by atoms with Crippen molar-refractivity contribution in [1.82, 2.24) is 4.90 Å². The van der Waals surface area contributed by atoms with Crippen LogP contribution in [0.5, 0.6) is 5.75 Å². The molecule has 0 saturated heterocycles. The molecular formula is C11H12IN3O4. The highest BCUT2D eigenvalue weighted by atomic mass is 127. The quantitative estimate of drug-likeness (QED) is 0.593. The molecule has 19 heavy (non-hydrogen) atoms. The topological polar surface area (TPSA) is 127 Å². The van der Waals surface area contributed by atoms with Crippen molar-refractivity contribution >= 4 is 40.3 Å². The van der Waals surface area contributed by atoms with Crippen LogP contribution in [0.15, 0.2) is 18.2 Å². The molecular weight excluding hydrogens is 365 g/mol. The standard InChI is InChI=1S/C11H12IN3O4/c12-7-2-1-6(3-8(7)16)11(19)15(4-9(13)17)5-10(14)18/h1-3,16H,4-5H2,(H2,13,17)(H2,14,18). The zero-order valence-corrected chi connectivity index (χ0v) is 12.0. The number of hydrogen-bond acceptors (Lipinski definition) is 4. The van der Waals surface area contributed by atoms with Crippen molar-refractivity contribution < 1.29 is 19.5 Å². The summed E-state index contributed by atoms with van der Waals surface area (Å²) in [7, 11) is 0. The van der Waals surface area contributed by atoms with Gasteiger partial charge in [0.15, 0.2) is 0 Å². The number of phenolic OH excluding ortho intramolecular Hbond substituents is 1. The summed E-state index contributed by atoms with van der Waals surface area (Å²) in [5.74, 6) is -2.19. The first-order chi connectivity index (χ1) is 8.81. The fourth-order valence-corrected chi connectivity index (χ4v) is 1.74. The first-order valence-corrected chi connectivity index (χ1v) is 6.23. The van der Waals surface area contributed by atoms with Crippen LogP contribution in [0.1, 0.15) is 10.4 Å². The van der Waals surface area contributed by atoms with E-state index < -0.39 is 30.8 Å².